The van der Waals surface area contributed by atoms with Gasteiger partial charge in [-0.25, -0.2) is 4.79 Å². The number of methoxy groups -OCH3 is 1. The van der Waals surface area contributed by atoms with Crippen LogP contribution in [0.25, 0.3) is 0 Å². The minimum atomic E-state index is -1.08. The smallest absolute Gasteiger partial charge is 0.330 e. The largest absolute Gasteiger partial charge is 0.497 e. The zero-order valence-corrected chi connectivity index (χ0v) is 15.4. The molecule has 2 aromatic carbocycles. The molecule has 0 radical (unpaired) electrons. The van der Waals surface area contributed by atoms with Gasteiger partial charge < -0.3 is 19.9 Å². The number of amides is 1. The molecule has 142 valence electrons. The number of carbonyl (C=O) groups excluding carboxylic acids is 1. The number of carboxylic acid groups (broad SMARTS) is 1. The van der Waals surface area contributed by atoms with Crippen molar-refractivity contribution in [3.63, 3.8) is 0 Å². The van der Waals surface area contributed by atoms with E-state index in [4.69, 9.17) is 9.47 Å². The summed E-state index contributed by atoms with van der Waals surface area (Å²) in [6.07, 6.45) is 1.26. The number of carboxylic acids is 1. The fraction of sp³-hybridized carbons (Fsp3) is 0.333. The predicted molar refractivity (Wildman–Crippen MR) is 100 cm³/mol. The molecule has 0 aromatic heterocycles. The molecule has 6 heteroatoms. The van der Waals surface area contributed by atoms with Gasteiger partial charge in [0.15, 0.2) is 6.04 Å². The van der Waals surface area contributed by atoms with Gasteiger partial charge in [0.05, 0.1) is 13.7 Å². The van der Waals surface area contributed by atoms with Crippen LogP contribution in [0.5, 0.6) is 11.5 Å². The Kier molecular flexibility index (Phi) is 5.64. The van der Waals surface area contributed by atoms with Crippen LogP contribution in [0.2, 0.25) is 0 Å². The summed E-state index contributed by atoms with van der Waals surface area (Å²) in [7, 11) is 1.60. The number of ether oxygens (including phenoxy) is 2. The van der Waals surface area contributed by atoms with Gasteiger partial charge >= 0.3 is 5.97 Å². The summed E-state index contributed by atoms with van der Waals surface area (Å²) >= 11 is 0. The fourth-order valence-electron chi connectivity index (χ4n) is 3.17. The Balaban J connectivity index is 1.68. The maximum atomic E-state index is 12.6. The lowest BCUT2D eigenvalue weighted by Gasteiger charge is -2.19. The van der Waals surface area contributed by atoms with Crippen molar-refractivity contribution in [2.75, 3.05) is 13.7 Å². The van der Waals surface area contributed by atoms with Crippen LogP contribution in [-0.4, -0.2) is 30.7 Å². The zero-order valence-electron chi connectivity index (χ0n) is 15.4. The van der Waals surface area contributed by atoms with Crippen molar-refractivity contribution < 1.29 is 24.2 Å². The average Bonchev–Trinajstić information content (AvgIpc) is 3.14. The minimum absolute atomic E-state index is 0.296. The number of fused-ring (bicyclic) bond motifs is 1. The van der Waals surface area contributed by atoms with Gasteiger partial charge in [0.1, 0.15) is 11.5 Å². The van der Waals surface area contributed by atoms with E-state index < -0.39 is 12.0 Å². The van der Waals surface area contributed by atoms with Crippen molar-refractivity contribution in [2.45, 2.75) is 25.8 Å². The summed E-state index contributed by atoms with van der Waals surface area (Å²) < 4.78 is 10.6. The Morgan fingerprint density at radius 1 is 1.22 bits per heavy atom. The van der Waals surface area contributed by atoms with Crippen LogP contribution in [0.4, 0.5) is 0 Å². The van der Waals surface area contributed by atoms with E-state index in [1.54, 1.807) is 32.2 Å². The van der Waals surface area contributed by atoms with Gasteiger partial charge in [0.25, 0.3) is 0 Å². The van der Waals surface area contributed by atoms with E-state index in [0.29, 0.717) is 18.6 Å². The highest BCUT2D eigenvalue weighted by molar-refractivity contribution is 5.86. The average molecular weight is 369 g/mol. The van der Waals surface area contributed by atoms with Crippen LogP contribution in [0.1, 0.15) is 29.7 Å². The van der Waals surface area contributed by atoms with Gasteiger partial charge in [-0.05, 0) is 47.4 Å². The fourth-order valence-corrected chi connectivity index (χ4v) is 3.17. The summed E-state index contributed by atoms with van der Waals surface area (Å²) in [6, 6.07) is 11.7. The van der Waals surface area contributed by atoms with Crippen LogP contribution < -0.4 is 14.8 Å². The number of benzene rings is 2. The van der Waals surface area contributed by atoms with E-state index in [-0.39, 0.29) is 11.8 Å². The van der Waals surface area contributed by atoms with Crippen LogP contribution >= 0.6 is 0 Å². The molecular formula is C21H23NO5. The molecule has 0 saturated carbocycles. The lowest BCUT2D eigenvalue weighted by atomic mass is 9.98. The summed E-state index contributed by atoms with van der Waals surface area (Å²) in [4.78, 5) is 24.3. The Morgan fingerprint density at radius 3 is 2.63 bits per heavy atom. The Morgan fingerprint density at radius 2 is 1.96 bits per heavy atom. The molecule has 1 aliphatic heterocycles. The second kappa shape index (κ2) is 8.12. The summed E-state index contributed by atoms with van der Waals surface area (Å²) in [5, 5.41) is 12.3. The molecule has 0 bridgehead atoms. The number of nitrogens with one attached hydrogen (secondary N) is 1. The lowest BCUT2D eigenvalue weighted by molar-refractivity contribution is -0.142. The number of aliphatic carboxylic acids is 1. The van der Waals surface area contributed by atoms with Crippen LogP contribution in [0.15, 0.2) is 42.5 Å². The number of hydrogen-bond donors (Lipinski definition) is 2. The highest BCUT2D eigenvalue weighted by Crippen LogP contribution is 2.28. The third kappa shape index (κ3) is 4.39. The quantitative estimate of drug-likeness (QED) is 0.784. The molecule has 0 saturated heterocycles. The van der Waals surface area contributed by atoms with Crippen LogP contribution in [0, 0.1) is 5.92 Å². The first-order valence-electron chi connectivity index (χ1n) is 8.89. The minimum Gasteiger partial charge on any atom is -0.497 e. The predicted octanol–water partition coefficient (Wildman–Crippen LogP) is 2.75. The molecule has 1 amide bonds. The second-order valence-electron chi connectivity index (χ2n) is 6.70. The molecule has 2 N–H and O–H groups in total. The number of rotatable bonds is 7. The Hall–Kier alpha value is -3.02. The van der Waals surface area contributed by atoms with Crippen molar-refractivity contribution in [1.82, 2.24) is 5.32 Å². The molecule has 0 aliphatic carbocycles. The normalized spacial score (nSPS) is 14.6. The highest BCUT2D eigenvalue weighted by Gasteiger charge is 2.26. The van der Waals surface area contributed by atoms with E-state index in [9.17, 15) is 14.7 Å². The van der Waals surface area contributed by atoms with Crippen molar-refractivity contribution >= 4 is 11.9 Å². The van der Waals surface area contributed by atoms with Gasteiger partial charge in [-0.15, -0.1) is 0 Å². The molecule has 3 rings (SSSR count). The monoisotopic (exact) mass is 369 g/mol. The SMILES string of the molecule is COc1ccc(CC(C)C(=O)NC(C(=O)O)c2ccc3c(c2)CCO3)cc1. The van der Waals surface area contributed by atoms with E-state index in [2.05, 4.69) is 5.32 Å². The summed E-state index contributed by atoms with van der Waals surface area (Å²) in [5.74, 6) is -0.212. The molecule has 2 aromatic rings. The second-order valence-corrected chi connectivity index (χ2v) is 6.70. The molecule has 2 atom stereocenters. The molecule has 0 fully saturated rings. The van der Waals surface area contributed by atoms with Crippen molar-refractivity contribution in [2.24, 2.45) is 5.92 Å². The van der Waals surface area contributed by atoms with Gasteiger partial charge in [-0.3, -0.25) is 4.79 Å². The topological polar surface area (TPSA) is 84.9 Å². The van der Waals surface area contributed by atoms with Crippen LogP contribution in [0.3, 0.4) is 0 Å². The first-order chi connectivity index (χ1) is 13.0. The zero-order chi connectivity index (χ0) is 19.4. The first-order valence-corrected chi connectivity index (χ1v) is 8.89. The van der Waals surface area contributed by atoms with Gasteiger partial charge in [-0.2, -0.15) is 0 Å². The van der Waals surface area contributed by atoms with E-state index in [1.165, 1.54) is 0 Å². The first kappa shape index (κ1) is 18.8. The van der Waals surface area contributed by atoms with Gasteiger partial charge in [0, 0.05) is 12.3 Å². The maximum Gasteiger partial charge on any atom is 0.330 e. The van der Waals surface area contributed by atoms with Gasteiger partial charge in [-0.1, -0.05) is 25.1 Å². The van der Waals surface area contributed by atoms with Crippen molar-refractivity contribution in [3.05, 3.63) is 59.2 Å². The molecule has 1 heterocycles. The van der Waals surface area contributed by atoms with Crippen molar-refractivity contribution in [3.8, 4) is 11.5 Å². The molecule has 0 spiro atoms. The third-order valence-corrected chi connectivity index (χ3v) is 4.73. The van der Waals surface area contributed by atoms with Crippen LogP contribution in [-0.2, 0) is 22.4 Å². The molecular weight excluding hydrogens is 346 g/mol. The van der Waals surface area contributed by atoms with E-state index in [1.807, 2.05) is 24.3 Å². The third-order valence-electron chi connectivity index (χ3n) is 4.73. The molecule has 27 heavy (non-hydrogen) atoms. The molecule has 6 nitrogen and oxygen atoms in total. The maximum absolute atomic E-state index is 12.6. The standard InChI is InChI=1S/C21H23NO5/c1-13(11-14-3-6-17(26-2)7-4-14)20(23)22-19(21(24)25)16-5-8-18-15(12-16)9-10-27-18/h3-8,12-13,19H,9-11H2,1-2H3,(H,22,23)(H,24,25). The molecule has 1 aliphatic rings. The highest BCUT2D eigenvalue weighted by atomic mass is 16.5. The number of carbonyl (C=O) groups is 2. The van der Waals surface area contributed by atoms with Crippen molar-refractivity contribution in [1.29, 1.82) is 0 Å². The van der Waals surface area contributed by atoms with Gasteiger partial charge in [0.2, 0.25) is 5.91 Å². The Bertz CT molecular complexity index is 831. The summed E-state index contributed by atoms with van der Waals surface area (Å²) in [6.45, 7) is 2.39. The lowest BCUT2D eigenvalue weighted by Crippen LogP contribution is -2.37. The number of hydrogen-bond acceptors (Lipinski definition) is 4. The molecule has 2 unspecified atom stereocenters. The summed E-state index contributed by atoms with van der Waals surface area (Å²) in [5.41, 5.74) is 2.51. The van der Waals surface area contributed by atoms with E-state index >= 15 is 0 Å². The van der Waals surface area contributed by atoms with E-state index in [0.717, 1.165) is 29.0 Å². The Labute approximate surface area is 158 Å².